The molecule has 0 atom stereocenters. The summed E-state index contributed by atoms with van der Waals surface area (Å²) in [6, 6.07) is 7.59. The van der Waals surface area contributed by atoms with Crippen LogP contribution < -0.4 is 10.8 Å². The van der Waals surface area contributed by atoms with Gasteiger partial charge in [-0.3, -0.25) is 10.5 Å². The predicted molar refractivity (Wildman–Crippen MR) is 86.1 cm³/mol. The Bertz CT molecular complexity index is 834. The number of nitrogens with one attached hydrogen (secondary N) is 2. The molecule has 0 amide bonds. The van der Waals surface area contributed by atoms with E-state index in [1.165, 1.54) is 18.2 Å². The van der Waals surface area contributed by atoms with Gasteiger partial charge < -0.3 is 0 Å². The molecule has 0 spiro atoms. The van der Waals surface area contributed by atoms with Crippen molar-refractivity contribution in [2.75, 3.05) is 5.32 Å². The number of halogens is 1. The highest BCUT2D eigenvalue weighted by molar-refractivity contribution is 7.90. The molecule has 2 rings (SSSR count). The van der Waals surface area contributed by atoms with Crippen LogP contribution in [0.15, 0.2) is 39.6 Å². The molecular formula is C13H14ClN5O3S. The van der Waals surface area contributed by atoms with Crippen LogP contribution in [0.3, 0.4) is 0 Å². The van der Waals surface area contributed by atoms with Gasteiger partial charge in [0, 0.05) is 11.4 Å². The van der Waals surface area contributed by atoms with E-state index in [1.807, 2.05) is 0 Å². The Labute approximate surface area is 138 Å². The number of hydroxylamine groups is 1. The second kappa shape index (κ2) is 6.90. The SMILES string of the molecule is Cc1cc(C)nc(N/C(=N\S(=O)(=O)c2ccccc2Cl)NO)n1. The molecule has 0 aliphatic heterocycles. The maximum Gasteiger partial charge on any atom is 0.287 e. The van der Waals surface area contributed by atoms with Crippen molar-refractivity contribution in [2.45, 2.75) is 18.7 Å². The minimum Gasteiger partial charge on any atom is -0.292 e. The van der Waals surface area contributed by atoms with Crippen molar-refractivity contribution in [3.8, 4) is 0 Å². The van der Waals surface area contributed by atoms with Crippen LogP contribution in [0.5, 0.6) is 0 Å². The van der Waals surface area contributed by atoms with Crippen molar-refractivity contribution in [1.82, 2.24) is 15.4 Å². The van der Waals surface area contributed by atoms with Crippen molar-refractivity contribution in [3.05, 3.63) is 46.7 Å². The lowest BCUT2D eigenvalue weighted by molar-refractivity contribution is 0.234. The minimum atomic E-state index is -4.13. The van der Waals surface area contributed by atoms with E-state index in [-0.39, 0.29) is 15.9 Å². The molecule has 122 valence electrons. The maximum atomic E-state index is 12.2. The summed E-state index contributed by atoms with van der Waals surface area (Å²) < 4.78 is 27.9. The number of aromatic nitrogens is 2. The molecule has 0 unspecified atom stereocenters. The number of hydrogen-bond acceptors (Lipinski definition) is 5. The molecule has 1 heterocycles. The normalized spacial score (nSPS) is 12.1. The number of anilines is 1. The first kappa shape index (κ1) is 17.1. The van der Waals surface area contributed by atoms with Gasteiger partial charge in [-0.1, -0.05) is 23.7 Å². The van der Waals surface area contributed by atoms with Crippen LogP contribution in [-0.2, 0) is 10.0 Å². The van der Waals surface area contributed by atoms with Crippen molar-refractivity contribution in [2.24, 2.45) is 4.40 Å². The fraction of sp³-hybridized carbons (Fsp3) is 0.154. The van der Waals surface area contributed by atoms with E-state index in [0.717, 1.165) is 0 Å². The lowest BCUT2D eigenvalue weighted by Gasteiger charge is -2.08. The first-order valence-corrected chi connectivity index (χ1v) is 8.22. The highest BCUT2D eigenvalue weighted by Gasteiger charge is 2.18. The van der Waals surface area contributed by atoms with Crippen LogP contribution in [0.25, 0.3) is 0 Å². The first-order valence-electron chi connectivity index (χ1n) is 6.41. The average Bonchev–Trinajstić information content (AvgIpc) is 2.45. The molecule has 23 heavy (non-hydrogen) atoms. The fourth-order valence-corrected chi connectivity index (χ4v) is 3.20. The third-order valence-electron chi connectivity index (χ3n) is 2.64. The van der Waals surface area contributed by atoms with Crippen LogP contribution >= 0.6 is 11.6 Å². The van der Waals surface area contributed by atoms with Gasteiger partial charge >= 0.3 is 0 Å². The van der Waals surface area contributed by atoms with Gasteiger partial charge in [0.05, 0.1) is 5.02 Å². The van der Waals surface area contributed by atoms with Crippen molar-refractivity contribution >= 4 is 33.5 Å². The van der Waals surface area contributed by atoms with Gasteiger partial charge in [-0.15, -0.1) is 4.40 Å². The Morgan fingerprint density at radius 2 is 1.83 bits per heavy atom. The van der Waals surface area contributed by atoms with E-state index >= 15 is 0 Å². The smallest absolute Gasteiger partial charge is 0.287 e. The number of guanidine groups is 1. The summed E-state index contributed by atoms with van der Waals surface area (Å²) in [7, 11) is -4.13. The fourth-order valence-electron chi connectivity index (χ4n) is 1.78. The number of hydrogen-bond donors (Lipinski definition) is 3. The topological polar surface area (TPSA) is 117 Å². The molecule has 8 nitrogen and oxygen atoms in total. The number of benzene rings is 1. The van der Waals surface area contributed by atoms with Crippen molar-refractivity contribution in [3.63, 3.8) is 0 Å². The molecule has 0 aliphatic rings. The highest BCUT2D eigenvalue weighted by atomic mass is 35.5. The predicted octanol–water partition coefficient (Wildman–Crippen LogP) is 1.88. The van der Waals surface area contributed by atoms with Gasteiger partial charge in [0.1, 0.15) is 4.90 Å². The standard InChI is InChI=1S/C13H14ClN5O3S/c1-8-7-9(2)16-12(15-8)17-13(18-20)19-23(21,22)11-6-4-3-5-10(11)14/h3-7,20H,1-2H3,(H2,15,16,17,18,19). The Kier molecular flexibility index (Phi) is 5.14. The zero-order valence-electron chi connectivity index (χ0n) is 12.3. The van der Waals surface area contributed by atoms with E-state index in [1.54, 1.807) is 31.5 Å². The molecule has 1 aromatic heterocycles. The Hall–Kier alpha value is -2.23. The second-order valence-electron chi connectivity index (χ2n) is 4.56. The molecule has 0 aliphatic carbocycles. The minimum absolute atomic E-state index is 0.0242. The summed E-state index contributed by atoms with van der Waals surface area (Å²) in [5, 5.41) is 11.6. The summed E-state index contributed by atoms with van der Waals surface area (Å²) in [4.78, 5) is 7.95. The molecule has 1 aromatic carbocycles. The van der Waals surface area contributed by atoms with Gasteiger partial charge in [-0.25, -0.2) is 15.4 Å². The zero-order chi connectivity index (χ0) is 17.0. The third kappa shape index (κ3) is 4.38. The number of nitrogens with zero attached hydrogens (tertiary/aromatic N) is 3. The molecule has 0 saturated carbocycles. The van der Waals surface area contributed by atoms with Gasteiger partial charge in [0.2, 0.25) is 11.9 Å². The third-order valence-corrected chi connectivity index (χ3v) is 4.42. The molecule has 10 heteroatoms. The van der Waals surface area contributed by atoms with E-state index in [2.05, 4.69) is 19.7 Å². The summed E-state index contributed by atoms with van der Waals surface area (Å²) in [6.45, 7) is 3.51. The number of rotatable bonds is 3. The molecule has 0 saturated heterocycles. The lowest BCUT2D eigenvalue weighted by Crippen LogP contribution is -2.30. The summed E-state index contributed by atoms with van der Waals surface area (Å²) >= 11 is 5.86. The highest BCUT2D eigenvalue weighted by Crippen LogP contribution is 2.22. The van der Waals surface area contributed by atoms with E-state index < -0.39 is 16.0 Å². The van der Waals surface area contributed by atoms with Crippen LogP contribution in [-0.4, -0.2) is 29.6 Å². The second-order valence-corrected chi connectivity index (χ2v) is 6.54. The van der Waals surface area contributed by atoms with Crippen LogP contribution in [0, 0.1) is 13.8 Å². The molecule has 0 bridgehead atoms. The van der Waals surface area contributed by atoms with Gasteiger partial charge in [-0.2, -0.15) is 8.42 Å². The number of sulfonamides is 1. The molecule has 2 aromatic rings. The lowest BCUT2D eigenvalue weighted by atomic mass is 10.4. The van der Waals surface area contributed by atoms with Crippen LogP contribution in [0.1, 0.15) is 11.4 Å². The Morgan fingerprint density at radius 1 is 1.22 bits per heavy atom. The van der Waals surface area contributed by atoms with Crippen molar-refractivity contribution < 1.29 is 13.6 Å². The first-order chi connectivity index (χ1) is 10.8. The Morgan fingerprint density at radius 3 is 2.39 bits per heavy atom. The summed E-state index contributed by atoms with van der Waals surface area (Å²) in [5.41, 5.74) is 3.02. The maximum absolute atomic E-state index is 12.2. The van der Waals surface area contributed by atoms with Crippen molar-refractivity contribution in [1.29, 1.82) is 0 Å². The van der Waals surface area contributed by atoms with E-state index in [4.69, 9.17) is 16.8 Å². The summed E-state index contributed by atoms with van der Waals surface area (Å²) in [5.74, 6) is -0.355. The largest absolute Gasteiger partial charge is 0.292 e. The number of aryl methyl sites for hydroxylation is 2. The molecular weight excluding hydrogens is 342 g/mol. The van der Waals surface area contributed by atoms with E-state index in [9.17, 15) is 8.42 Å². The molecule has 0 fully saturated rings. The van der Waals surface area contributed by atoms with E-state index in [0.29, 0.717) is 11.4 Å². The quantitative estimate of drug-likeness (QED) is 0.437. The van der Waals surface area contributed by atoms with Crippen LogP contribution in [0.2, 0.25) is 5.02 Å². The van der Waals surface area contributed by atoms with Gasteiger partial charge in [0.15, 0.2) is 0 Å². The van der Waals surface area contributed by atoms with Gasteiger partial charge in [-0.05, 0) is 32.0 Å². The molecule has 3 N–H and O–H groups in total. The average molecular weight is 356 g/mol. The summed E-state index contributed by atoms with van der Waals surface area (Å²) in [6.07, 6.45) is 0. The zero-order valence-corrected chi connectivity index (χ0v) is 13.9. The van der Waals surface area contributed by atoms with Crippen LogP contribution in [0.4, 0.5) is 5.95 Å². The Balaban J connectivity index is 2.36. The van der Waals surface area contributed by atoms with Gasteiger partial charge in [0.25, 0.3) is 10.0 Å². The monoisotopic (exact) mass is 355 g/mol. The molecule has 0 radical (unpaired) electrons.